The number of aromatic nitrogens is 1. The number of aliphatic carboxylic acids is 1. The van der Waals surface area contributed by atoms with E-state index >= 15 is 0 Å². The van der Waals surface area contributed by atoms with Gasteiger partial charge in [0.2, 0.25) is 17.7 Å². The number of benzene rings is 2. The highest BCUT2D eigenvalue weighted by atomic mass is 16.4. The SMILES string of the molecule is CC(C)CC(NC(=O)C(Cc1ccc(O)cc1)NC(=O)C1CCCN1C(=O)C(N)Cc1c[nH]c2ccccc12)C(=O)O. The summed E-state index contributed by atoms with van der Waals surface area (Å²) in [6, 6.07) is 10.0. The molecule has 7 N–H and O–H groups in total. The van der Waals surface area contributed by atoms with Gasteiger partial charge in [-0.15, -0.1) is 0 Å². The number of amides is 3. The molecule has 4 rings (SSSR count). The lowest BCUT2D eigenvalue weighted by molar-refractivity contribution is -0.143. The standard InChI is InChI=1S/C31H39N5O6/c1-18(2)14-26(31(41)42)35-28(38)25(15-19-9-11-21(37)12-10-19)34-29(39)27-8-5-13-36(27)30(40)23(32)16-20-17-33-24-7-4-3-6-22(20)24/h3-4,6-7,9-12,17-18,23,25-27,33,37H,5,8,13-16,32H2,1-2H3,(H,34,39)(H,35,38)(H,41,42). The van der Waals surface area contributed by atoms with Crippen molar-refractivity contribution in [3.8, 4) is 5.75 Å². The topological polar surface area (TPSA) is 178 Å². The minimum Gasteiger partial charge on any atom is -0.508 e. The minimum absolute atomic E-state index is 0.0167. The molecule has 2 aromatic carbocycles. The van der Waals surface area contributed by atoms with Crippen molar-refractivity contribution in [3.05, 3.63) is 65.9 Å². The van der Waals surface area contributed by atoms with Gasteiger partial charge in [-0.3, -0.25) is 14.4 Å². The Balaban J connectivity index is 1.48. The van der Waals surface area contributed by atoms with Crippen molar-refractivity contribution in [3.63, 3.8) is 0 Å². The Labute approximate surface area is 244 Å². The van der Waals surface area contributed by atoms with Crippen LogP contribution in [-0.4, -0.2) is 74.5 Å². The number of hydrogen-bond donors (Lipinski definition) is 6. The molecule has 11 heteroatoms. The molecule has 1 aliphatic rings. The van der Waals surface area contributed by atoms with Crippen LogP contribution in [0.4, 0.5) is 0 Å². The van der Waals surface area contributed by atoms with Crippen molar-refractivity contribution in [2.24, 2.45) is 11.7 Å². The first-order valence-corrected chi connectivity index (χ1v) is 14.3. The van der Waals surface area contributed by atoms with Crippen molar-refractivity contribution in [1.29, 1.82) is 0 Å². The summed E-state index contributed by atoms with van der Waals surface area (Å²) in [6.45, 7) is 4.07. The molecule has 4 unspecified atom stereocenters. The zero-order valence-corrected chi connectivity index (χ0v) is 23.9. The Morgan fingerprint density at radius 2 is 1.74 bits per heavy atom. The monoisotopic (exact) mass is 577 g/mol. The van der Waals surface area contributed by atoms with Gasteiger partial charge in [0.1, 0.15) is 23.9 Å². The average molecular weight is 578 g/mol. The molecule has 1 saturated heterocycles. The van der Waals surface area contributed by atoms with Gasteiger partial charge in [-0.25, -0.2) is 4.79 Å². The highest BCUT2D eigenvalue weighted by molar-refractivity contribution is 5.95. The van der Waals surface area contributed by atoms with Crippen LogP contribution in [0.5, 0.6) is 5.75 Å². The van der Waals surface area contributed by atoms with E-state index in [1.165, 1.54) is 17.0 Å². The normalized spacial score (nSPS) is 17.1. The summed E-state index contributed by atoms with van der Waals surface area (Å²) in [4.78, 5) is 56.8. The van der Waals surface area contributed by atoms with Gasteiger partial charge in [0, 0.05) is 30.1 Å². The van der Waals surface area contributed by atoms with Crippen molar-refractivity contribution >= 4 is 34.6 Å². The fourth-order valence-corrected chi connectivity index (χ4v) is 5.45. The molecule has 3 amide bonds. The summed E-state index contributed by atoms with van der Waals surface area (Å²) in [5, 5.41) is 25.6. The van der Waals surface area contributed by atoms with E-state index in [2.05, 4.69) is 15.6 Å². The Bertz CT molecular complexity index is 1420. The summed E-state index contributed by atoms with van der Waals surface area (Å²) in [7, 11) is 0. The summed E-state index contributed by atoms with van der Waals surface area (Å²) in [6.07, 6.45) is 3.44. The molecule has 0 bridgehead atoms. The number of carboxylic acids is 1. The van der Waals surface area contributed by atoms with Crippen LogP contribution in [0.1, 0.15) is 44.2 Å². The second kappa shape index (κ2) is 13.5. The molecule has 1 fully saturated rings. The Morgan fingerprint density at radius 3 is 2.43 bits per heavy atom. The van der Waals surface area contributed by atoms with Crippen LogP contribution in [0.15, 0.2) is 54.7 Å². The van der Waals surface area contributed by atoms with Crippen LogP contribution < -0.4 is 16.4 Å². The third-order valence-corrected chi connectivity index (χ3v) is 7.60. The van der Waals surface area contributed by atoms with E-state index in [4.69, 9.17) is 5.73 Å². The van der Waals surface area contributed by atoms with Gasteiger partial charge in [-0.05, 0) is 60.9 Å². The van der Waals surface area contributed by atoms with Crippen LogP contribution >= 0.6 is 0 Å². The zero-order chi connectivity index (χ0) is 30.4. The number of likely N-dealkylation sites (tertiary alicyclic amines) is 1. The van der Waals surface area contributed by atoms with E-state index in [0.717, 1.165) is 16.5 Å². The summed E-state index contributed by atoms with van der Waals surface area (Å²) < 4.78 is 0. The maximum atomic E-state index is 13.5. The van der Waals surface area contributed by atoms with Crippen LogP contribution in [0, 0.1) is 5.92 Å². The van der Waals surface area contributed by atoms with Gasteiger partial charge in [0.15, 0.2) is 0 Å². The Kier molecular flexibility index (Phi) is 9.84. The van der Waals surface area contributed by atoms with E-state index in [-0.39, 0.29) is 30.4 Å². The molecule has 224 valence electrons. The van der Waals surface area contributed by atoms with Crippen LogP contribution in [-0.2, 0) is 32.0 Å². The van der Waals surface area contributed by atoms with E-state index < -0.39 is 42.0 Å². The first-order chi connectivity index (χ1) is 20.0. The lowest BCUT2D eigenvalue weighted by atomic mass is 10.0. The number of nitrogens with one attached hydrogen (secondary N) is 3. The molecule has 3 aromatic rings. The summed E-state index contributed by atoms with van der Waals surface area (Å²) in [5.74, 6) is -2.59. The van der Waals surface area contributed by atoms with Gasteiger partial charge in [0.25, 0.3) is 0 Å². The van der Waals surface area contributed by atoms with Crippen molar-refractivity contribution in [1.82, 2.24) is 20.5 Å². The number of nitrogens with zero attached hydrogens (tertiary/aromatic N) is 1. The van der Waals surface area contributed by atoms with Gasteiger partial charge < -0.3 is 36.5 Å². The number of carbonyl (C=O) groups is 4. The van der Waals surface area contributed by atoms with Crippen LogP contribution in [0.25, 0.3) is 10.9 Å². The Morgan fingerprint density at radius 1 is 1.02 bits per heavy atom. The number of H-pyrrole nitrogens is 1. The van der Waals surface area contributed by atoms with Gasteiger partial charge in [0.05, 0.1) is 6.04 Å². The fraction of sp³-hybridized carbons (Fsp3) is 0.419. The largest absolute Gasteiger partial charge is 0.508 e. The number of nitrogens with two attached hydrogens (primary N) is 1. The van der Waals surface area contributed by atoms with Gasteiger partial charge in [-0.2, -0.15) is 0 Å². The van der Waals surface area contributed by atoms with E-state index in [1.807, 2.05) is 44.3 Å². The number of carboxylic acid groups (broad SMARTS) is 1. The number of para-hydroxylation sites is 1. The highest BCUT2D eigenvalue weighted by Gasteiger charge is 2.38. The third-order valence-electron chi connectivity index (χ3n) is 7.60. The van der Waals surface area contributed by atoms with Crippen LogP contribution in [0.3, 0.4) is 0 Å². The lowest BCUT2D eigenvalue weighted by Crippen LogP contribution is -2.57. The number of carbonyl (C=O) groups excluding carboxylic acids is 3. The molecule has 1 aliphatic heterocycles. The highest BCUT2D eigenvalue weighted by Crippen LogP contribution is 2.23. The average Bonchev–Trinajstić information content (AvgIpc) is 3.60. The van der Waals surface area contributed by atoms with E-state index in [1.54, 1.807) is 12.1 Å². The first-order valence-electron chi connectivity index (χ1n) is 14.3. The maximum Gasteiger partial charge on any atom is 0.326 e. The Hall–Kier alpha value is -4.38. The second-order valence-corrected chi connectivity index (χ2v) is 11.3. The number of aromatic hydroxyl groups is 1. The molecule has 42 heavy (non-hydrogen) atoms. The maximum absolute atomic E-state index is 13.5. The predicted molar refractivity (Wildman–Crippen MR) is 157 cm³/mol. The number of phenols is 1. The minimum atomic E-state index is -1.16. The molecule has 4 atom stereocenters. The number of rotatable bonds is 12. The summed E-state index contributed by atoms with van der Waals surface area (Å²) in [5.41, 5.74) is 8.86. The number of hydrogen-bond acceptors (Lipinski definition) is 6. The van der Waals surface area contributed by atoms with Crippen molar-refractivity contribution < 1.29 is 29.4 Å². The smallest absolute Gasteiger partial charge is 0.326 e. The summed E-state index contributed by atoms with van der Waals surface area (Å²) >= 11 is 0. The molecule has 0 spiro atoms. The number of aromatic amines is 1. The quantitative estimate of drug-likeness (QED) is 0.191. The van der Waals surface area contributed by atoms with Gasteiger partial charge in [-0.1, -0.05) is 44.2 Å². The molecular formula is C31H39N5O6. The lowest BCUT2D eigenvalue weighted by Gasteiger charge is -2.29. The fourth-order valence-electron chi connectivity index (χ4n) is 5.45. The first kappa shape index (κ1) is 30.6. The van der Waals surface area contributed by atoms with Crippen LogP contribution in [0.2, 0.25) is 0 Å². The predicted octanol–water partition coefficient (Wildman–Crippen LogP) is 2.08. The number of phenolic OH excluding ortho intramolecular Hbond substituents is 1. The molecule has 0 aliphatic carbocycles. The zero-order valence-electron chi connectivity index (χ0n) is 23.9. The van der Waals surface area contributed by atoms with E-state index in [0.29, 0.717) is 31.4 Å². The molecule has 2 heterocycles. The second-order valence-electron chi connectivity index (χ2n) is 11.3. The van der Waals surface area contributed by atoms with Gasteiger partial charge >= 0.3 is 5.97 Å². The van der Waals surface area contributed by atoms with Crippen molar-refractivity contribution in [2.75, 3.05) is 6.54 Å². The molecule has 11 nitrogen and oxygen atoms in total. The molecule has 1 aromatic heterocycles. The molecule has 0 saturated carbocycles. The van der Waals surface area contributed by atoms with E-state index in [9.17, 15) is 29.4 Å². The molecular weight excluding hydrogens is 538 g/mol. The third kappa shape index (κ3) is 7.47. The van der Waals surface area contributed by atoms with Crippen molar-refractivity contribution in [2.45, 2.75) is 70.1 Å². The molecule has 0 radical (unpaired) electrons. The number of fused-ring (bicyclic) bond motifs is 1.